The van der Waals surface area contributed by atoms with E-state index in [9.17, 15) is 4.79 Å². The van der Waals surface area contributed by atoms with Crippen molar-refractivity contribution in [3.05, 3.63) is 35.4 Å². The number of aryl methyl sites for hydroxylation is 1. The SMILES string of the molecule is Cc1ccccc1C(=O)NC(C)CC(C)N. The average molecular weight is 220 g/mol. The van der Waals surface area contributed by atoms with Gasteiger partial charge in [0.15, 0.2) is 0 Å². The summed E-state index contributed by atoms with van der Waals surface area (Å²) in [6, 6.07) is 7.78. The van der Waals surface area contributed by atoms with Crippen molar-refractivity contribution in [1.82, 2.24) is 5.32 Å². The maximum absolute atomic E-state index is 11.9. The Bertz CT molecular complexity index is 361. The molecule has 3 N–H and O–H groups in total. The number of amides is 1. The molecule has 0 spiro atoms. The Morgan fingerprint density at radius 1 is 1.38 bits per heavy atom. The lowest BCUT2D eigenvalue weighted by molar-refractivity contribution is 0.0937. The van der Waals surface area contributed by atoms with Crippen LogP contribution in [0.2, 0.25) is 0 Å². The molecule has 0 radical (unpaired) electrons. The molecule has 0 saturated heterocycles. The highest BCUT2D eigenvalue weighted by molar-refractivity contribution is 5.95. The summed E-state index contributed by atoms with van der Waals surface area (Å²) >= 11 is 0. The zero-order chi connectivity index (χ0) is 12.1. The molecule has 0 aromatic heterocycles. The zero-order valence-corrected chi connectivity index (χ0v) is 10.2. The van der Waals surface area contributed by atoms with Crippen LogP contribution in [0.15, 0.2) is 24.3 Å². The van der Waals surface area contributed by atoms with Crippen molar-refractivity contribution in [1.29, 1.82) is 0 Å². The minimum Gasteiger partial charge on any atom is -0.350 e. The fourth-order valence-corrected chi connectivity index (χ4v) is 1.75. The van der Waals surface area contributed by atoms with Gasteiger partial charge in [-0.2, -0.15) is 0 Å². The summed E-state index contributed by atoms with van der Waals surface area (Å²) in [6.07, 6.45) is 0.789. The molecule has 16 heavy (non-hydrogen) atoms. The summed E-state index contributed by atoms with van der Waals surface area (Å²) < 4.78 is 0. The lowest BCUT2D eigenvalue weighted by atomic mass is 10.1. The molecule has 2 atom stereocenters. The van der Waals surface area contributed by atoms with Crippen molar-refractivity contribution in [3.63, 3.8) is 0 Å². The Morgan fingerprint density at radius 3 is 2.56 bits per heavy atom. The van der Waals surface area contributed by atoms with Crippen molar-refractivity contribution in [3.8, 4) is 0 Å². The topological polar surface area (TPSA) is 55.1 Å². The molecule has 0 aliphatic carbocycles. The molecular weight excluding hydrogens is 200 g/mol. The van der Waals surface area contributed by atoms with Crippen LogP contribution >= 0.6 is 0 Å². The Labute approximate surface area is 97.0 Å². The van der Waals surface area contributed by atoms with Crippen molar-refractivity contribution in [2.24, 2.45) is 5.73 Å². The van der Waals surface area contributed by atoms with Gasteiger partial charge in [0.1, 0.15) is 0 Å². The van der Waals surface area contributed by atoms with E-state index in [1.54, 1.807) is 0 Å². The van der Waals surface area contributed by atoms with E-state index in [1.165, 1.54) is 0 Å². The fourth-order valence-electron chi connectivity index (χ4n) is 1.75. The standard InChI is InChI=1S/C13H20N2O/c1-9-6-4-5-7-12(9)13(16)15-11(3)8-10(2)14/h4-7,10-11H,8,14H2,1-3H3,(H,15,16). The molecular formula is C13H20N2O. The first kappa shape index (κ1) is 12.7. The van der Waals surface area contributed by atoms with Gasteiger partial charge < -0.3 is 11.1 Å². The van der Waals surface area contributed by atoms with Crippen molar-refractivity contribution in [2.45, 2.75) is 39.3 Å². The van der Waals surface area contributed by atoms with Gasteiger partial charge in [-0.25, -0.2) is 0 Å². The van der Waals surface area contributed by atoms with Gasteiger partial charge in [0, 0.05) is 17.6 Å². The number of rotatable bonds is 4. The van der Waals surface area contributed by atoms with Gasteiger partial charge in [0.25, 0.3) is 5.91 Å². The molecule has 1 rings (SSSR count). The minimum absolute atomic E-state index is 0.0220. The number of carbonyl (C=O) groups excluding carboxylic acids is 1. The first-order valence-electron chi connectivity index (χ1n) is 5.62. The van der Waals surface area contributed by atoms with Gasteiger partial charge in [-0.05, 0) is 38.8 Å². The first-order chi connectivity index (χ1) is 7.50. The molecule has 3 heteroatoms. The second kappa shape index (κ2) is 5.66. The van der Waals surface area contributed by atoms with Gasteiger partial charge in [0.2, 0.25) is 0 Å². The Morgan fingerprint density at radius 2 is 2.00 bits per heavy atom. The predicted molar refractivity (Wildman–Crippen MR) is 66.4 cm³/mol. The number of hydrogen-bond donors (Lipinski definition) is 2. The summed E-state index contributed by atoms with van der Waals surface area (Å²) in [7, 11) is 0. The zero-order valence-electron chi connectivity index (χ0n) is 10.2. The molecule has 1 aromatic rings. The molecule has 0 aliphatic heterocycles. The van der Waals surface area contributed by atoms with Gasteiger partial charge >= 0.3 is 0 Å². The summed E-state index contributed by atoms with van der Waals surface area (Å²) in [4.78, 5) is 11.9. The largest absolute Gasteiger partial charge is 0.350 e. The molecule has 0 saturated carbocycles. The Kier molecular flexibility index (Phi) is 4.50. The second-order valence-corrected chi connectivity index (χ2v) is 4.40. The maximum Gasteiger partial charge on any atom is 0.251 e. The van der Waals surface area contributed by atoms with Crippen LogP contribution < -0.4 is 11.1 Å². The van der Waals surface area contributed by atoms with Gasteiger partial charge in [-0.1, -0.05) is 18.2 Å². The van der Waals surface area contributed by atoms with Crippen LogP contribution in [0.4, 0.5) is 0 Å². The smallest absolute Gasteiger partial charge is 0.251 e. The van der Waals surface area contributed by atoms with Crippen molar-refractivity contribution in [2.75, 3.05) is 0 Å². The van der Waals surface area contributed by atoms with E-state index in [2.05, 4.69) is 5.32 Å². The quantitative estimate of drug-likeness (QED) is 0.813. The fraction of sp³-hybridized carbons (Fsp3) is 0.462. The van der Waals surface area contributed by atoms with Crippen LogP contribution in [0.25, 0.3) is 0 Å². The van der Waals surface area contributed by atoms with E-state index in [0.717, 1.165) is 17.5 Å². The number of benzene rings is 1. The van der Waals surface area contributed by atoms with E-state index in [-0.39, 0.29) is 18.0 Å². The Hall–Kier alpha value is -1.35. The van der Waals surface area contributed by atoms with Gasteiger partial charge in [-0.3, -0.25) is 4.79 Å². The van der Waals surface area contributed by atoms with Crippen LogP contribution in [0.3, 0.4) is 0 Å². The summed E-state index contributed by atoms with van der Waals surface area (Å²) in [6.45, 7) is 5.85. The van der Waals surface area contributed by atoms with Crippen molar-refractivity contribution < 1.29 is 4.79 Å². The van der Waals surface area contributed by atoms with Crippen LogP contribution in [0.5, 0.6) is 0 Å². The number of nitrogens with two attached hydrogens (primary N) is 1. The monoisotopic (exact) mass is 220 g/mol. The highest BCUT2D eigenvalue weighted by Gasteiger charge is 2.12. The molecule has 0 aliphatic rings. The summed E-state index contributed by atoms with van der Waals surface area (Å²) in [5.41, 5.74) is 7.42. The highest BCUT2D eigenvalue weighted by Crippen LogP contribution is 2.07. The van der Waals surface area contributed by atoms with E-state index < -0.39 is 0 Å². The summed E-state index contributed by atoms with van der Waals surface area (Å²) in [5, 5.41) is 2.95. The van der Waals surface area contributed by atoms with Gasteiger partial charge in [-0.15, -0.1) is 0 Å². The lowest BCUT2D eigenvalue weighted by Gasteiger charge is -2.16. The number of carbonyl (C=O) groups is 1. The molecule has 1 aromatic carbocycles. The third kappa shape index (κ3) is 3.66. The predicted octanol–water partition coefficient (Wildman–Crippen LogP) is 1.85. The molecule has 0 heterocycles. The minimum atomic E-state index is -0.0220. The lowest BCUT2D eigenvalue weighted by Crippen LogP contribution is -2.36. The number of nitrogens with one attached hydrogen (secondary N) is 1. The van der Waals surface area contributed by atoms with Gasteiger partial charge in [0.05, 0.1) is 0 Å². The molecule has 3 nitrogen and oxygen atoms in total. The third-order valence-corrected chi connectivity index (χ3v) is 2.49. The maximum atomic E-state index is 11.9. The van der Waals surface area contributed by atoms with Crippen LogP contribution in [-0.4, -0.2) is 18.0 Å². The molecule has 0 bridgehead atoms. The van der Waals surface area contributed by atoms with E-state index >= 15 is 0 Å². The second-order valence-electron chi connectivity index (χ2n) is 4.40. The Balaban J connectivity index is 2.63. The number of hydrogen-bond acceptors (Lipinski definition) is 2. The van der Waals surface area contributed by atoms with Crippen LogP contribution in [0.1, 0.15) is 36.2 Å². The van der Waals surface area contributed by atoms with Crippen LogP contribution in [-0.2, 0) is 0 Å². The average Bonchev–Trinajstić information content (AvgIpc) is 2.16. The van der Waals surface area contributed by atoms with Crippen molar-refractivity contribution >= 4 is 5.91 Å². The molecule has 88 valence electrons. The van der Waals surface area contributed by atoms with E-state index in [1.807, 2.05) is 45.0 Å². The van der Waals surface area contributed by atoms with E-state index in [4.69, 9.17) is 5.73 Å². The van der Waals surface area contributed by atoms with Crippen LogP contribution in [0, 0.1) is 6.92 Å². The third-order valence-electron chi connectivity index (χ3n) is 2.49. The normalized spacial score (nSPS) is 14.2. The highest BCUT2D eigenvalue weighted by atomic mass is 16.1. The molecule has 1 amide bonds. The molecule has 0 fully saturated rings. The van der Waals surface area contributed by atoms with E-state index in [0.29, 0.717) is 0 Å². The first-order valence-corrected chi connectivity index (χ1v) is 5.62. The molecule has 2 unspecified atom stereocenters. The summed E-state index contributed by atoms with van der Waals surface area (Å²) in [5.74, 6) is -0.0220.